The van der Waals surface area contributed by atoms with E-state index in [-0.39, 0.29) is 17.0 Å². The smallest absolute Gasteiger partial charge is 0.240 e. The number of rotatable bonds is 5. The molecule has 0 spiro atoms. The summed E-state index contributed by atoms with van der Waals surface area (Å²) in [6.45, 7) is 0.165. The first-order valence-corrected chi connectivity index (χ1v) is 7.60. The number of aromatic nitrogens is 1. The van der Waals surface area contributed by atoms with Crippen molar-refractivity contribution < 1.29 is 12.8 Å². The second-order valence-electron chi connectivity index (χ2n) is 4.22. The Morgan fingerprint density at radius 1 is 1.29 bits per heavy atom. The van der Waals surface area contributed by atoms with Crippen molar-refractivity contribution in [3.05, 3.63) is 59.7 Å². The SMILES string of the molecule is N#Cc1cc(S(=O)(=O)NCCc2ccccn2)ccc1F. The van der Waals surface area contributed by atoms with Crippen LogP contribution in [0.15, 0.2) is 47.5 Å². The Hall–Kier alpha value is -2.30. The minimum atomic E-state index is -3.78. The third kappa shape index (κ3) is 3.84. The number of nitrogens with one attached hydrogen (secondary N) is 1. The molecule has 0 saturated carbocycles. The van der Waals surface area contributed by atoms with Gasteiger partial charge in [0.05, 0.1) is 10.5 Å². The van der Waals surface area contributed by atoms with Gasteiger partial charge in [-0.25, -0.2) is 17.5 Å². The summed E-state index contributed by atoms with van der Waals surface area (Å²) in [7, 11) is -3.78. The van der Waals surface area contributed by atoms with E-state index >= 15 is 0 Å². The lowest BCUT2D eigenvalue weighted by atomic mass is 10.2. The van der Waals surface area contributed by atoms with E-state index in [1.54, 1.807) is 24.4 Å². The Morgan fingerprint density at radius 3 is 2.76 bits per heavy atom. The van der Waals surface area contributed by atoms with Crippen molar-refractivity contribution in [1.29, 1.82) is 5.26 Å². The molecule has 0 aliphatic heterocycles. The molecule has 2 rings (SSSR count). The van der Waals surface area contributed by atoms with Gasteiger partial charge in [0.15, 0.2) is 0 Å². The Morgan fingerprint density at radius 2 is 2.10 bits per heavy atom. The Labute approximate surface area is 122 Å². The molecule has 2 aromatic rings. The molecule has 1 N–H and O–H groups in total. The summed E-state index contributed by atoms with van der Waals surface area (Å²) < 4.78 is 39.7. The second-order valence-corrected chi connectivity index (χ2v) is 5.99. The monoisotopic (exact) mass is 305 g/mol. The highest BCUT2D eigenvalue weighted by Gasteiger charge is 2.15. The number of benzene rings is 1. The summed E-state index contributed by atoms with van der Waals surface area (Å²) >= 11 is 0. The van der Waals surface area contributed by atoms with Crippen molar-refractivity contribution in [1.82, 2.24) is 9.71 Å². The highest BCUT2D eigenvalue weighted by molar-refractivity contribution is 7.89. The number of nitriles is 1. The molecule has 0 saturated heterocycles. The van der Waals surface area contributed by atoms with Gasteiger partial charge in [-0.15, -0.1) is 0 Å². The molecule has 1 aromatic heterocycles. The molecule has 21 heavy (non-hydrogen) atoms. The second kappa shape index (κ2) is 6.43. The van der Waals surface area contributed by atoms with Crippen LogP contribution in [-0.4, -0.2) is 19.9 Å². The minimum absolute atomic E-state index is 0.138. The zero-order chi connectivity index (χ0) is 15.3. The number of sulfonamides is 1. The van der Waals surface area contributed by atoms with E-state index in [9.17, 15) is 12.8 Å². The lowest BCUT2D eigenvalue weighted by molar-refractivity contribution is 0.580. The summed E-state index contributed by atoms with van der Waals surface area (Å²) in [6, 6.07) is 10.1. The van der Waals surface area contributed by atoms with Gasteiger partial charge in [-0.1, -0.05) is 6.07 Å². The Kier molecular flexibility index (Phi) is 4.62. The molecule has 108 valence electrons. The van der Waals surface area contributed by atoms with Gasteiger partial charge in [-0.05, 0) is 30.3 Å². The van der Waals surface area contributed by atoms with Crippen molar-refractivity contribution in [2.24, 2.45) is 0 Å². The summed E-state index contributed by atoms with van der Waals surface area (Å²) in [6.07, 6.45) is 2.06. The van der Waals surface area contributed by atoms with Gasteiger partial charge in [0.2, 0.25) is 10.0 Å². The van der Waals surface area contributed by atoms with E-state index in [1.807, 2.05) is 6.07 Å². The number of hydrogen-bond donors (Lipinski definition) is 1. The first-order valence-electron chi connectivity index (χ1n) is 6.12. The van der Waals surface area contributed by atoms with Gasteiger partial charge in [-0.3, -0.25) is 4.98 Å². The van der Waals surface area contributed by atoms with E-state index in [4.69, 9.17) is 5.26 Å². The highest BCUT2D eigenvalue weighted by atomic mass is 32.2. The van der Waals surface area contributed by atoms with E-state index in [0.29, 0.717) is 6.42 Å². The Balaban J connectivity index is 2.07. The maximum Gasteiger partial charge on any atom is 0.240 e. The van der Waals surface area contributed by atoms with Crippen LogP contribution in [-0.2, 0) is 16.4 Å². The quantitative estimate of drug-likeness (QED) is 0.909. The van der Waals surface area contributed by atoms with Crippen molar-refractivity contribution >= 4 is 10.0 Å². The van der Waals surface area contributed by atoms with Crippen LogP contribution in [0.3, 0.4) is 0 Å². The van der Waals surface area contributed by atoms with Crippen molar-refractivity contribution in [3.63, 3.8) is 0 Å². The summed E-state index contributed by atoms with van der Waals surface area (Å²) in [5.74, 6) is -0.745. The molecule has 0 radical (unpaired) electrons. The predicted octanol–water partition coefficient (Wildman–Crippen LogP) is 1.61. The van der Waals surface area contributed by atoms with Gasteiger partial charge >= 0.3 is 0 Å². The maximum absolute atomic E-state index is 13.2. The molecule has 0 amide bonds. The van der Waals surface area contributed by atoms with Gasteiger partial charge < -0.3 is 0 Å². The van der Waals surface area contributed by atoms with Gasteiger partial charge in [0.1, 0.15) is 11.9 Å². The van der Waals surface area contributed by atoms with Crippen LogP contribution in [0, 0.1) is 17.1 Å². The van der Waals surface area contributed by atoms with E-state index in [2.05, 4.69) is 9.71 Å². The molecule has 0 aliphatic rings. The number of pyridine rings is 1. The summed E-state index contributed by atoms with van der Waals surface area (Å²) in [5.41, 5.74) is 0.458. The first-order chi connectivity index (χ1) is 10.0. The van der Waals surface area contributed by atoms with Crippen LogP contribution in [0.2, 0.25) is 0 Å². The molecule has 1 heterocycles. The standard InChI is InChI=1S/C14H12FN3O2S/c15-14-5-4-13(9-11(14)10-16)21(19,20)18-8-6-12-3-1-2-7-17-12/h1-5,7,9,18H,6,8H2. The zero-order valence-electron chi connectivity index (χ0n) is 11.0. The van der Waals surface area contributed by atoms with E-state index < -0.39 is 15.8 Å². The van der Waals surface area contributed by atoms with Gasteiger partial charge in [-0.2, -0.15) is 5.26 Å². The molecule has 0 unspecified atom stereocenters. The van der Waals surface area contributed by atoms with Crippen molar-refractivity contribution in [3.8, 4) is 6.07 Å². The normalized spacial score (nSPS) is 11.0. The lowest BCUT2D eigenvalue weighted by Gasteiger charge is -2.07. The largest absolute Gasteiger partial charge is 0.261 e. The first kappa shape index (κ1) is 15.1. The highest BCUT2D eigenvalue weighted by Crippen LogP contribution is 2.14. The molecule has 0 bridgehead atoms. The molecule has 5 nitrogen and oxygen atoms in total. The number of halogens is 1. The summed E-state index contributed by atoms with van der Waals surface area (Å²) in [5, 5.41) is 8.72. The van der Waals surface area contributed by atoms with Crippen LogP contribution < -0.4 is 4.72 Å². The predicted molar refractivity (Wildman–Crippen MR) is 74.2 cm³/mol. The molecule has 0 fully saturated rings. The topological polar surface area (TPSA) is 82.8 Å². The van der Waals surface area contributed by atoms with Gasteiger partial charge in [0, 0.05) is 24.9 Å². The fourth-order valence-electron chi connectivity index (χ4n) is 1.70. The average molecular weight is 305 g/mol. The average Bonchev–Trinajstić information content (AvgIpc) is 2.48. The van der Waals surface area contributed by atoms with E-state index in [0.717, 1.165) is 23.9 Å². The van der Waals surface area contributed by atoms with Crippen LogP contribution in [0.25, 0.3) is 0 Å². The van der Waals surface area contributed by atoms with Crippen LogP contribution in [0.1, 0.15) is 11.3 Å². The third-order valence-corrected chi connectivity index (χ3v) is 4.23. The molecular weight excluding hydrogens is 293 g/mol. The lowest BCUT2D eigenvalue weighted by Crippen LogP contribution is -2.26. The van der Waals surface area contributed by atoms with Crippen molar-refractivity contribution in [2.75, 3.05) is 6.54 Å². The number of nitrogens with zero attached hydrogens (tertiary/aromatic N) is 2. The van der Waals surface area contributed by atoms with Crippen LogP contribution >= 0.6 is 0 Å². The van der Waals surface area contributed by atoms with E-state index in [1.165, 1.54) is 0 Å². The fraction of sp³-hybridized carbons (Fsp3) is 0.143. The van der Waals surface area contributed by atoms with Crippen LogP contribution in [0.4, 0.5) is 4.39 Å². The maximum atomic E-state index is 13.2. The molecule has 1 aromatic carbocycles. The van der Waals surface area contributed by atoms with Gasteiger partial charge in [0.25, 0.3) is 0 Å². The fourth-order valence-corrected chi connectivity index (χ4v) is 2.76. The van der Waals surface area contributed by atoms with Crippen molar-refractivity contribution in [2.45, 2.75) is 11.3 Å². The zero-order valence-corrected chi connectivity index (χ0v) is 11.8. The molecular formula is C14H12FN3O2S. The molecule has 0 atom stereocenters. The third-order valence-electron chi connectivity index (χ3n) is 2.77. The summed E-state index contributed by atoms with van der Waals surface area (Å²) in [4.78, 5) is 3.95. The number of hydrogen-bond acceptors (Lipinski definition) is 4. The van der Waals surface area contributed by atoms with Crippen LogP contribution in [0.5, 0.6) is 0 Å². The minimum Gasteiger partial charge on any atom is -0.261 e. The molecule has 0 aliphatic carbocycles. The molecule has 7 heteroatoms. The Bertz CT molecular complexity index is 771.